The molecule has 0 fully saturated rings. The highest BCUT2D eigenvalue weighted by atomic mass is 32.2. The lowest BCUT2D eigenvalue weighted by atomic mass is 10.2. The number of nitrogens with zero attached hydrogens (tertiary/aromatic N) is 3. The molecule has 0 radical (unpaired) electrons. The van der Waals surface area contributed by atoms with E-state index in [0.717, 1.165) is 21.5 Å². The molecule has 0 aliphatic rings. The van der Waals surface area contributed by atoms with Gasteiger partial charge in [0.1, 0.15) is 6.04 Å². The lowest BCUT2D eigenvalue weighted by molar-refractivity contribution is -0.118. The zero-order valence-corrected chi connectivity index (χ0v) is 18.0. The summed E-state index contributed by atoms with van der Waals surface area (Å²) in [5, 5.41) is 11.8. The second-order valence-electron chi connectivity index (χ2n) is 6.15. The van der Waals surface area contributed by atoms with E-state index in [1.807, 2.05) is 17.5 Å². The third-order valence-electron chi connectivity index (χ3n) is 3.90. The van der Waals surface area contributed by atoms with Crippen LogP contribution in [-0.4, -0.2) is 44.9 Å². The zero-order chi connectivity index (χ0) is 20.3. The molecule has 0 aliphatic heterocycles. The maximum absolute atomic E-state index is 12.8. The summed E-state index contributed by atoms with van der Waals surface area (Å²) in [5.74, 6) is 0.427. The molecule has 1 aromatic carbocycles. The number of aromatic amines is 1. The van der Waals surface area contributed by atoms with Gasteiger partial charge in [0.05, 0.1) is 4.88 Å². The highest BCUT2D eigenvalue weighted by Gasteiger charge is 2.21. The smallest absolute Gasteiger partial charge is 0.285 e. The Balaban J connectivity index is 1.73. The molecule has 7 nitrogen and oxygen atoms in total. The second-order valence-corrected chi connectivity index (χ2v) is 8.51. The molecule has 0 saturated heterocycles. The van der Waals surface area contributed by atoms with Gasteiger partial charge in [0.2, 0.25) is 5.91 Å². The third-order valence-corrected chi connectivity index (χ3v) is 6.11. The van der Waals surface area contributed by atoms with Gasteiger partial charge in [-0.15, -0.1) is 11.3 Å². The number of thiophene rings is 1. The van der Waals surface area contributed by atoms with Crippen molar-refractivity contribution in [3.63, 3.8) is 0 Å². The van der Waals surface area contributed by atoms with Gasteiger partial charge in [-0.05, 0) is 66.6 Å². The highest BCUT2D eigenvalue weighted by molar-refractivity contribution is 8.13. The lowest BCUT2D eigenvalue weighted by Gasteiger charge is -2.15. The van der Waals surface area contributed by atoms with E-state index in [2.05, 4.69) is 15.5 Å². The Morgan fingerprint density at radius 2 is 2.00 bits per heavy atom. The quantitative estimate of drug-likeness (QED) is 0.452. The summed E-state index contributed by atoms with van der Waals surface area (Å²) in [6.07, 6.45) is 0. The van der Waals surface area contributed by atoms with E-state index in [0.29, 0.717) is 16.3 Å². The van der Waals surface area contributed by atoms with Crippen molar-refractivity contribution >= 4 is 52.2 Å². The van der Waals surface area contributed by atoms with Crippen molar-refractivity contribution in [2.24, 2.45) is 0 Å². The molecule has 28 heavy (non-hydrogen) atoms. The van der Waals surface area contributed by atoms with Gasteiger partial charge < -0.3 is 10.2 Å². The Hall–Kier alpha value is -2.43. The van der Waals surface area contributed by atoms with Gasteiger partial charge in [-0.2, -0.15) is 5.10 Å². The number of carbonyl (C=O) groups excluding carboxylic acids is 2. The van der Waals surface area contributed by atoms with Gasteiger partial charge >= 0.3 is 0 Å². The molecule has 0 bridgehead atoms. The molecule has 146 valence electrons. The first-order valence-electron chi connectivity index (χ1n) is 8.37. The highest BCUT2D eigenvalue weighted by Crippen LogP contribution is 2.27. The van der Waals surface area contributed by atoms with Crippen LogP contribution in [0.5, 0.6) is 0 Å². The van der Waals surface area contributed by atoms with Crippen molar-refractivity contribution < 1.29 is 9.59 Å². The Morgan fingerprint density at radius 1 is 1.29 bits per heavy atom. The zero-order valence-electron chi connectivity index (χ0n) is 15.5. The van der Waals surface area contributed by atoms with E-state index < -0.39 is 6.04 Å². The number of H-pyrrole nitrogens is 1. The molecular formula is C18H19N5O2S3. The predicted molar refractivity (Wildman–Crippen MR) is 115 cm³/mol. The first-order chi connectivity index (χ1) is 13.4. The fraction of sp³-hybridized carbons (Fsp3) is 0.222. The average Bonchev–Trinajstić information content (AvgIpc) is 3.32. The van der Waals surface area contributed by atoms with Gasteiger partial charge in [-0.3, -0.25) is 19.3 Å². The maximum Gasteiger partial charge on any atom is 0.285 e. The fourth-order valence-corrected chi connectivity index (χ4v) is 4.06. The lowest BCUT2D eigenvalue weighted by Crippen LogP contribution is -2.24. The normalized spacial score (nSPS) is 11.8. The fourth-order valence-electron chi connectivity index (χ4n) is 2.41. The van der Waals surface area contributed by atoms with Gasteiger partial charge in [0, 0.05) is 24.7 Å². The van der Waals surface area contributed by atoms with Gasteiger partial charge in [0.15, 0.2) is 10.6 Å². The number of rotatable bonds is 5. The number of amides is 2. The number of carbonyl (C=O) groups is 2. The number of thioether (sulfide) groups is 1. The van der Waals surface area contributed by atoms with Crippen LogP contribution < -0.4 is 5.32 Å². The maximum atomic E-state index is 12.8. The standard InChI is InChI=1S/C18H19N5O2S3/c1-11(23-15(20-21-17(23)26)14-5-4-10-27-14)16(24)19-12-6-8-13(9-7-12)28-18(25)22(2)3/h4-11H,1-3H3,(H,19,24)(H,21,26). The number of aromatic nitrogens is 3. The van der Waals surface area contributed by atoms with Crippen LogP contribution >= 0.6 is 35.3 Å². The molecule has 0 spiro atoms. The van der Waals surface area contributed by atoms with Crippen LogP contribution in [0, 0.1) is 4.77 Å². The number of hydrogen-bond donors (Lipinski definition) is 2. The molecule has 3 rings (SSSR count). The SMILES string of the molecule is CC(C(=O)Nc1ccc(SC(=O)N(C)C)cc1)n1c(-c2cccs2)n[nH]c1=S. The summed E-state index contributed by atoms with van der Waals surface area (Å²) >= 11 is 7.98. The molecule has 0 saturated carbocycles. The summed E-state index contributed by atoms with van der Waals surface area (Å²) in [6, 6.07) is 10.4. The van der Waals surface area contributed by atoms with Crippen LogP contribution in [0.25, 0.3) is 10.7 Å². The molecule has 0 aliphatic carbocycles. The molecule has 1 unspecified atom stereocenters. The molecule has 2 amide bonds. The molecule has 1 atom stereocenters. The van der Waals surface area contributed by atoms with Gasteiger partial charge in [-0.1, -0.05) is 6.07 Å². The monoisotopic (exact) mass is 433 g/mol. The number of anilines is 1. The molecule has 2 heterocycles. The van der Waals surface area contributed by atoms with E-state index in [1.165, 1.54) is 16.2 Å². The van der Waals surface area contributed by atoms with Gasteiger partial charge in [-0.25, -0.2) is 0 Å². The Labute approximate surface area is 175 Å². The van der Waals surface area contributed by atoms with Crippen LogP contribution in [0.2, 0.25) is 0 Å². The van der Waals surface area contributed by atoms with E-state index in [1.54, 1.807) is 49.9 Å². The topological polar surface area (TPSA) is 83.0 Å². The molecular weight excluding hydrogens is 414 g/mol. The minimum atomic E-state index is -0.548. The molecule has 10 heteroatoms. The summed E-state index contributed by atoms with van der Waals surface area (Å²) in [5.41, 5.74) is 0.645. The number of benzene rings is 1. The first-order valence-corrected chi connectivity index (χ1v) is 10.5. The Morgan fingerprint density at radius 3 is 2.61 bits per heavy atom. The van der Waals surface area contributed by atoms with Crippen molar-refractivity contribution in [1.82, 2.24) is 19.7 Å². The minimum Gasteiger partial charge on any atom is -0.339 e. The van der Waals surface area contributed by atoms with Gasteiger partial charge in [0.25, 0.3) is 5.24 Å². The summed E-state index contributed by atoms with van der Waals surface area (Å²) in [6.45, 7) is 1.78. The van der Waals surface area contributed by atoms with E-state index in [-0.39, 0.29) is 11.1 Å². The van der Waals surface area contributed by atoms with Crippen molar-refractivity contribution in [3.8, 4) is 10.7 Å². The number of hydrogen-bond acceptors (Lipinski definition) is 6. The van der Waals surface area contributed by atoms with Crippen LogP contribution in [0.4, 0.5) is 10.5 Å². The number of nitrogens with one attached hydrogen (secondary N) is 2. The Kier molecular flexibility index (Phi) is 6.32. The van der Waals surface area contributed by atoms with E-state index >= 15 is 0 Å². The van der Waals surface area contributed by atoms with Crippen LogP contribution in [0.3, 0.4) is 0 Å². The largest absolute Gasteiger partial charge is 0.339 e. The minimum absolute atomic E-state index is 0.0548. The molecule has 2 aromatic heterocycles. The average molecular weight is 434 g/mol. The summed E-state index contributed by atoms with van der Waals surface area (Å²) in [7, 11) is 3.41. The van der Waals surface area contributed by atoms with E-state index in [4.69, 9.17) is 12.2 Å². The van der Waals surface area contributed by atoms with Crippen LogP contribution in [0.15, 0.2) is 46.7 Å². The molecule has 2 N–H and O–H groups in total. The van der Waals surface area contributed by atoms with Crippen molar-refractivity contribution in [2.75, 3.05) is 19.4 Å². The van der Waals surface area contributed by atoms with Crippen LogP contribution in [-0.2, 0) is 4.79 Å². The summed E-state index contributed by atoms with van der Waals surface area (Å²) < 4.78 is 2.09. The van der Waals surface area contributed by atoms with E-state index in [9.17, 15) is 9.59 Å². The third kappa shape index (κ3) is 4.51. The van der Waals surface area contributed by atoms with Crippen LogP contribution in [0.1, 0.15) is 13.0 Å². The van der Waals surface area contributed by atoms with Crippen molar-refractivity contribution in [2.45, 2.75) is 17.9 Å². The summed E-state index contributed by atoms with van der Waals surface area (Å²) in [4.78, 5) is 27.8. The second kappa shape index (κ2) is 8.72. The van der Waals surface area contributed by atoms with Crippen molar-refractivity contribution in [3.05, 3.63) is 46.5 Å². The predicted octanol–water partition coefficient (Wildman–Crippen LogP) is 4.64. The van der Waals surface area contributed by atoms with Crippen molar-refractivity contribution in [1.29, 1.82) is 0 Å². The molecule has 3 aromatic rings. The first kappa shape index (κ1) is 20.3. The Bertz CT molecular complexity index is 1020.